The summed E-state index contributed by atoms with van der Waals surface area (Å²) in [6, 6.07) is 7.60. The lowest BCUT2D eigenvalue weighted by molar-refractivity contribution is 0.416. The van der Waals surface area contributed by atoms with Crippen LogP contribution in [0.1, 0.15) is 0 Å². The van der Waals surface area contributed by atoms with Crippen LogP contribution in [0.4, 0.5) is 5.82 Å². The van der Waals surface area contributed by atoms with Crippen LogP contribution in [0, 0.1) is 0 Å². The predicted octanol–water partition coefficient (Wildman–Crippen LogP) is 1.45. The highest BCUT2D eigenvalue weighted by atomic mass is 16.5. The number of nitrogens with two attached hydrogens (primary N) is 1. The first-order valence-corrected chi connectivity index (χ1v) is 5.64. The van der Waals surface area contributed by atoms with E-state index in [2.05, 4.69) is 25.6 Å². The Kier molecular flexibility index (Phi) is 2.64. The molecule has 0 spiro atoms. The summed E-state index contributed by atoms with van der Waals surface area (Å²) in [5, 5.41) is 17.3. The van der Waals surface area contributed by atoms with Gasteiger partial charge in [0.05, 0.1) is 24.6 Å². The smallest absolute Gasteiger partial charge is 0.153 e. The number of aromatic nitrogens is 5. The topological polar surface area (TPSA) is 105 Å². The molecule has 0 radical (unpaired) electrons. The van der Waals surface area contributed by atoms with Crippen molar-refractivity contribution in [3.8, 4) is 28.3 Å². The fraction of sp³-hybridized carbons (Fsp3) is 0.0833. The molecule has 0 amide bonds. The molecule has 7 heteroatoms. The van der Waals surface area contributed by atoms with Gasteiger partial charge in [-0.2, -0.15) is 20.5 Å². The lowest BCUT2D eigenvalue weighted by Crippen LogP contribution is -1.92. The minimum absolute atomic E-state index is 0.391. The maximum absolute atomic E-state index is 5.95. The molecule has 7 nitrogen and oxygen atoms in total. The Bertz CT molecular complexity index is 688. The molecule has 3 rings (SSSR count). The monoisotopic (exact) mass is 256 g/mol. The van der Waals surface area contributed by atoms with E-state index >= 15 is 0 Å². The maximum Gasteiger partial charge on any atom is 0.153 e. The van der Waals surface area contributed by atoms with E-state index in [9.17, 15) is 0 Å². The highest BCUT2D eigenvalue weighted by Crippen LogP contribution is 2.38. The number of nitrogens with zero attached hydrogens (tertiary/aromatic N) is 3. The molecule has 2 heterocycles. The average Bonchev–Trinajstić information content (AvgIpc) is 3.07. The second-order valence-corrected chi connectivity index (χ2v) is 3.91. The maximum atomic E-state index is 5.95. The third-order valence-electron chi connectivity index (χ3n) is 2.84. The quantitative estimate of drug-likeness (QED) is 0.657. The Morgan fingerprint density at radius 2 is 2.05 bits per heavy atom. The zero-order valence-electron chi connectivity index (χ0n) is 10.2. The van der Waals surface area contributed by atoms with Crippen LogP contribution >= 0.6 is 0 Å². The number of ether oxygens (including phenoxy) is 1. The number of anilines is 1. The van der Waals surface area contributed by atoms with E-state index in [0.29, 0.717) is 17.2 Å². The molecule has 0 unspecified atom stereocenters. The van der Waals surface area contributed by atoms with E-state index in [1.54, 1.807) is 13.3 Å². The Hall–Kier alpha value is -2.83. The molecule has 0 atom stereocenters. The van der Waals surface area contributed by atoms with Crippen molar-refractivity contribution in [3.63, 3.8) is 0 Å². The minimum atomic E-state index is 0.391. The van der Waals surface area contributed by atoms with E-state index in [1.807, 2.05) is 24.3 Å². The van der Waals surface area contributed by atoms with Crippen LogP contribution in [0.25, 0.3) is 22.5 Å². The first-order valence-electron chi connectivity index (χ1n) is 5.64. The molecule has 0 aliphatic rings. The van der Waals surface area contributed by atoms with E-state index in [-0.39, 0.29) is 0 Å². The van der Waals surface area contributed by atoms with Gasteiger partial charge in [0.2, 0.25) is 0 Å². The standard InChI is InChI=1S/C12H12N6O/c1-19-9-5-3-2-4-7(9)10-11(16-17-12(10)13)8-6-14-18-15-8/h2-6H,1H3,(H3,13,16,17)(H,14,15,18). The highest BCUT2D eigenvalue weighted by molar-refractivity contribution is 5.89. The van der Waals surface area contributed by atoms with Crippen LogP contribution in [0.15, 0.2) is 30.5 Å². The fourth-order valence-corrected chi connectivity index (χ4v) is 1.99. The Morgan fingerprint density at radius 1 is 1.21 bits per heavy atom. The summed E-state index contributed by atoms with van der Waals surface area (Å²) < 4.78 is 5.36. The first-order chi connectivity index (χ1) is 9.31. The highest BCUT2D eigenvalue weighted by Gasteiger charge is 2.19. The molecular weight excluding hydrogens is 244 g/mol. The van der Waals surface area contributed by atoms with Crippen LogP contribution in [-0.4, -0.2) is 32.7 Å². The van der Waals surface area contributed by atoms with Gasteiger partial charge in [0.25, 0.3) is 0 Å². The average molecular weight is 256 g/mol. The van der Waals surface area contributed by atoms with Crippen molar-refractivity contribution < 1.29 is 4.74 Å². The Labute approximate surface area is 108 Å². The van der Waals surface area contributed by atoms with Gasteiger partial charge >= 0.3 is 0 Å². The third-order valence-corrected chi connectivity index (χ3v) is 2.84. The van der Waals surface area contributed by atoms with Crippen LogP contribution < -0.4 is 10.5 Å². The van der Waals surface area contributed by atoms with E-state index in [1.165, 1.54) is 0 Å². The van der Waals surface area contributed by atoms with Gasteiger partial charge in [0, 0.05) is 5.56 Å². The van der Waals surface area contributed by atoms with Crippen molar-refractivity contribution in [1.29, 1.82) is 0 Å². The third kappa shape index (κ3) is 1.81. The molecule has 0 fully saturated rings. The summed E-state index contributed by atoms with van der Waals surface area (Å²) >= 11 is 0. The minimum Gasteiger partial charge on any atom is -0.496 e. The predicted molar refractivity (Wildman–Crippen MR) is 70.4 cm³/mol. The van der Waals surface area contributed by atoms with E-state index in [0.717, 1.165) is 16.9 Å². The summed E-state index contributed by atoms with van der Waals surface area (Å²) in [5.41, 5.74) is 8.91. The van der Waals surface area contributed by atoms with Crippen molar-refractivity contribution in [2.45, 2.75) is 0 Å². The van der Waals surface area contributed by atoms with Crippen molar-refractivity contribution in [1.82, 2.24) is 25.6 Å². The molecule has 0 aliphatic carbocycles. The molecule has 0 aliphatic heterocycles. The van der Waals surface area contributed by atoms with E-state index in [4.69, 9.17) is 10.5 Å². The zero-order chi connectivity index (χ0) is 13.2. The molecule has 19 heavy (non-hydrogen) atoms. The number of methoxy groups -OCH3 is 1. The summed E-state index contributed by atoms with van der Waals surface area (Å²) in [4.78, 5) is 0. The molecule has 0 saturated heterocycles. The summed E-state index contributed by atoms with van der Waals surface area (Å²) in [7, 11) is 1.62. The Morgan fingerprint density at radius 3 is 2.79 bits per heavy atom. The SMILES string of the molecule is COc1ccccc1-c1c(N)n[nH]c1-c1cn[nH]n1. The number of rotatable bonds is 3. The lowest BCUT2D eigenvalue weighted by atomic mass is 10.0. The summed E-state index contributed by atoms with van der Waals surface area (Å²) in [6.45, 7) is 0. The molecule has 96 valence electrons. The first kappa shape index (κ1) is 11.3. The second-order valence-electron chi connectivity index (χ2n) is 3.91. The molecule has 1 aromatic carbocycles. The second kappa shape index (κ2) is 4.45. The van der Waals surface area contributed by atoms with Crippen LogP contribution in [0.3, 0.4) is 0 Å². The number of para-hydroxylation sites is 1. The zero-order valence-corrected chi connectivity index (χ0v) is 10.2. The Balaban J connectivity index is 2.23. The van der Waals surface area contributed by atoms with Gasteiger partial charge in [0.1, 0.15) is 11.4 Å². The summed E-state index contributed by atoms with van der Waals surface area (Å²) in [5.74, 6) is 1.11. The number of hydrogen-bond acceptors (Lipinski definition) is 5. The van der Waals surface area contributed by atoms with Crippen molar-refractivity contribution in [2.75, 3.05) is 12.8 Å². The van der Waals surface area contributed by atoms with Crippen molar-refractivity contribution >= 4 is 5.82 Å². The van der Waals surface area contributed by atoms with Crippen LogP contribution in [-0.2, 0) is 0 Å². The lowest BCUT2D eigenvalue weighted by Gasteiger charge is -2.08. The molecule has 0 saturated carbocycles. The van der Waals surface area contributed by atoms with Gasteiger partial charge in [-0.25, -0.2) is 0 Å². The van der Waals surface area contributed by atoms with Gasteiger partial charge in [-0.15, -0.1) is 0 Å². The molecule has 0 bridgehead atoms. The molecular formula is C12H12N6O. The summed E-state index contributed by atoms with van der Waals surface area (Å²) in [6.07, 6.45) is 1.60. The fourth-order valence-electron chi connectivity index (χ4n) is 1.99. The van der Waals surface area contributed by atoms with Crippen LogP contribution in [0.5, 0.6) is 5.75 Å². The normalized spacial score (nSPS) is 10.6. The number of aromatic amines is 2. The number of nitrogen functional groups attached to an aromatic ring is 1. The van der Waals surface area contributed by atoms with Gasteiger partial charge in [-0.3, -0.25) is 5.10 Å². The number of benzene rings is 1. The number of hydrogen-bond donors (Lipinski definition) is 3. The van der Waals surface area contributed by atoms with Gasteiger partial charge in [-0.05, 0) is 6.07 Å². The largest absolute Gasteiger partial charge is 0.496 e. The number of nitrogens with one attached hydrogen (secondary N) is 2. The molecule has 3 aromatic rings. The van der Waals surface area contributed by atoms with Gasteiger partial charge in [-0.1, -0.05) is 18.2 Å². The molecule has 4 N–H and O–H groups in total. The van der Waals surface area contributed by atoms with Gasteiger partial charge in [0.15, 0.2) is 5.82 Å². The van der Waals surface area contributed by atoms with E-state index < -0.39 is 0 Å². The van der Waals surface area contributed by atoms with Crippen molar-refractivity contribution in [3.05, 3.63) is 30.5 Å². The van der Waals surface area contributed by atoms with Crippen LogP contribution in [0.2, 0.25) is 0 Å². The van der Waals surface area contributed by atoms with Gasteiger partial charge < -0.3 is 10.5 Å². The number of H-pyrrole nitrogens is 2. The van der Waals surface area contributed by atoms with Crippen molar-refractivity contribution in [2.24, 2.45) is 0 Å². The molecule has 2 aromatic heterocycles.